The highest BCUT2D eigenvalue weighted by atomic mass is 16.6. The molecule has 1 aromatic carbocycles. The highest BCUT2D eigenvalue weighted by molar-refractivity contribution is 6.12. The number of hydrogen-bond acceptors (Lipinski definition) is 8. The maximum absolute atomic E-state index is 13.7. The molecule has 35 heavy (non-hydrogen) atoms. The van der Waals surface area contributed by atoms with Gasteiger partial charge < -0.3 is 24.3 Å². The lowest BCUT2D eigenvalue weighted by Crippen LogP contribution is -2.43. The average molecular weight is 486 g/mol. The summed E-state index contributed by atoms with van der Waals surface area (Å²) in [6, 6.07) is 7.30. The number of nitrogens with one attached hydrogen (secondary N) is 1. The van der Waals surface area contributed by atoms with Gasteiger partial charge in [-0.15, -0.1) is 0 Å². The quantitative estimate of drug-likeness (QED) is 0.321. The minimum Gasteiger partial charge on any atom is -0.494 e. The van der Waals surface area contributed by atoms with Crippen molar-refractivity contribution in [3.8, 4) is 5.75 Å². The Bertz CT molecular complexity index is 1020. The average Bonchev–Trinajstić information content (AvgIpc) is 2.81. The van der Waals surface area contributed by atoms with Crippen LogP contribution in [0.25, 0.3) is 0 Å². The van der Waals surface area contributed by atoms with Crippen molar-refractivity contribution < 1.29 is 33.3 Å². The van der Waals surface area contributed by atoms with Crippen molar-refractivity contribution in [1.82, 2.24) is 5.32 Å². The summed E-state index contributed by atoms with van der Waals surface area (Å²) in [6.07, 6.45) is 0.503. The van der Waals surface area contributed by atoms with E-state index >= 15 is 0 Å². The molecule has 8 heteroatoms. The zero-order valence-electron chi connectivity index (χ0n) is 21.3. The Morgan fingerprint density at radius 2 is 1.83 bits per heavy atom. The molecular weight excluding hydrogens is 450 g/mol. The lowest BCUT2D eigenvalue weighted by atomic mass is 9.69. The normalized spacial score (nSPS) is 22.0. The van der Waals surface area contributed by atoms with Crippen LogP contribution in [0.3, 0.4) is 0 Å². The van der Waals surface area contributed by atoms with Crippen molar-refractivity contribution in [2.75, 3.05) is 26.9 Å². The molecule has 0 radical (unpaired) electrons. The molecule has 3 rings (SSSR count). The van der Waals surface area contributed by atoms with Gasteiger partial charge in [-0.05, 0) is 57.7 Å². The molecule has 0 saturated heterocycles. The predicted molar refractivity (Wildman–Crippen MR) is 130 cm³/mol. The Morgan fingerprint density at radius 1 is 1.14 bits per heavy atom. The number of dihydropyridines is 1. The summed E-state index contributed by atoms with van der Waals surface area (Å²) in [5.74, 6) is -2.61. The van der Waals surface area contributed by atoms with Gasteiger partial charge in [0, 0.05) is 22.9 Å². The first-order chi connectivity index (χ1) is 16.7. The number of allylic oxidation sites excluding steroid dienone is 3. The summed E-state index contributed by atoms with van der Waals surface area (Å²) in [5.41, 5.74) is 2.81. The monoisotopic (exact) mass is 485 g/mol. The first kappa shape index (κ1) is 26.5. The molecule has 190 valence electrons. The molecule has 0 bridgehead atoms. The van der Waals surface area contributed by atoms with Crippen molar-refractivity contribution in [2.24, 2.45) is 11.8 Å². The van der Waals surface area contributed by atoms with Gasteiger partial charge in [0.1, 0.15) is 18.3 Å². The van der Waals surface area contributed by atoms with Crippen molar-refractivity contribution in [3.05, 3.63) is 52.4 Å². The van der Waals surface area contributed by atoms with Crippen LogP contribution < -0.4 is 10.1 Å². The van der Waals surface area contributed by atoms with Gasteiger partial charge in [0.2, 0.25) is 0 Å². The van der Waals surface area contributed by atoms with Crippen LogP contribution in [0.4, 0.5) is 0 Å². The van der Waals surface area contributed by atoms with Crippen LogP contribution in [0.5, 0.6) is 5.75 Å². The van der Waals surface area contributed by atoms with Crippen LogP contribution in [0.1, 0.15) is 52.5 Å². The lowest BCUT2D eigenvalue weighted by molar-refractivity contribution is -0.151. The second-order valence-electron chi connectivity index (χ2n) is 9.09. The molecule has 0 fully saturated rings. The molecule has 0 saturated carbocycles. The second kappa shape index (κ2) is 11.5. The largest absolute Gasteiger partial charge is 0.494 e. The maximum Gasteiger partial charge on any atom is 0.336 e. The molecule has 0 spiro atoms. The smallest absolute Gasteiger partial charge is 0.336 e. The number of esters is 2. The highest BCUT2D eigenvalue weighted by Gasteiger charge is 2.47. The zero-order valence-corrected chi connectivity index (χ0v) is 21.3. The fourth-order valence-corrected chi connectivity index (χ4v) is 4.70. The van der Waals surface area contributed by atoms with Gasteiger partial charge in [0.05, 0.1) is 32.0 Å². The number of carbonyl (C=O) groups is 3. The van der Waals surface area contributed by atoms with E-state index in [1.54, 1.807) is 6.92 Å². The Labute approximate surface area is 206 Å². The van der Waals surface area contributed by atoms with Crippen LogP contribution >= 0.6 is 0 Å². The Hall–Kier alpha value is -3.13. The number of carbonyl (C=O) groups excluding carboxylic acids is 3. The second-order valence-corrected chi connectivity index (χ2v) is 9.09. The summed E-state index contributed by atoms with van der Waals surface area (Å²) < 4.78 is 21.5. The van der Waals surface area contributed by atoms with Gasteiger partial charge in [-0.2, -0.15) is 0 Å². The van der Waals surface area contributed by atoms with E-state index in [1.807, 2.05) is 52.0 Å². The molecule has 1 heterocycles. The van der Waals surface area contributed by atoms with Gasteiger partial charge in [-0.25, -0.2) is 4.79 Å². The molecule has 1 N–H and O–H groups in total. The van der Waals surface area contributed by atoms with Crippen LogP contribution in [-0.4, -0.2) is 50.8 Å². The third kappa shape index (κ3) is 5.75. The lowest BCUT2D eigenvalue weighted by Gasteiger charge is -2.38. The van der Waals surface area contributed by atoms with Crippen LogP contribution in [-0.2, 0) is 28.6 Å². The first-order valence-corrected chi connectivity index (χ1v) is 12.0. The van der Waals surface area contributed by atoms with E-state index in [4.69, 9.17) is 18.9 Å². The van der Waals surface area contributed by atoms with Crippen molar-refractivity contribution in [3.63, 3.8) is 0 Å². The minimum atomic E-state index is -0.930. The van der Waals surface area contributed by atoms with Crippen molar-refractivity contribution in [1.29, 1.82) is 0 Å². The van der Waals surface area contributed by atoms with Crippen LogP contribution in [0, 0.1) is 11.8 Å². The topological polar surface area (TPSA) is 100 Å². The fraction of sp³-hybridized carbons (Fsp3) is 0.519. The molecule has 0 aromatic heterocycles. The van der Waals surface area contributed by atoms with E-state index in [9.17, 15) is 14.4 Å². The Morgan fingerprint density at radius 3 is 2.43 bits per heavy atom. The number of ether oxygens (including phenoxy) is 4. The highest BCUT2D eigenvalue weighted by Crippen LogP contribution is 2.45. The molecular formula is C27H35NO7. The fourth-order valence-electron chi connectivity index (χ4n) is 4.70. The van der Waals surface area contributed by atoms with Gasteiger partial charge >= 0.3 is 11.9 Å². The van der Waals surface area contributed by atoms with E-state index in [-0.39, 0.29) is 31.0 Å². The molecule has 0 unspecified atom stereocenters. The summed E-state index contributed by atoms with van der Waals surface area (Å²) in [7, 11) is 1.28. The summed E-state index contributed by atoms with van der Waals surface area (Å²) in [6.45, 7) is 10.2. The zero-order chi connectivity index (χ0) is 25.7. The standard InChI is InChI=1S/C27H35NO7/c1-7-33-19-10-8-18(9-11-19)23-22(27(31)35-13-12-34-15(2)3)17(5)28-20-14-16(4)21(26(30)32-6)25(29)24(20)23/h8-11,15-16,21,23,28H,7,12-14H2,1-6H3/t16-,21-,23+/m0/s1. The first-order valence-electron chi connectivity index (χ1n) is 12.0. The SMILES string of the molecule is CCOc1ccc([C@@H]2C(C(=O)OCCOC(C)C)=C(C)NC3=C2C(=O)[C@@H](C(=O)OC)[C@@H](C)C3)cc1. The van der Waals surface area contributed by atoms with E-state index in [0.29, 0.717) is 35.6 Å². The molecule has 1 aliphatic carbocycles. The third-order valence-electron chi connectivity index (χ3n) is 6.26. The Kier molecular flexibility index (Phi) is 8.72. The van der Waals surface area contributed by atoms with E-state index in [2.05, 4.69) is 5.32 Å². The number of hydrogen-bond donors (Lipinski definition) is 1. The molecule has 1 aliphatic heterocycles. The van der Waals surface area contributed by atoms with Crippen LogP contribution in [0.2, 0.25) is 0 Å². The van der Waals surface area contributed by atoms with Gasteiger partial charge in [0.15, 0.2) is 5.78 Å². The summed E-state index contributed by atoms with van der Waals surface area (Å²) in [4.78, 5) is 39.5. The number of methoxy groups -OCH3 is 1. The number of ketones is 1. The minimum absolute atomic E-state index is 0.0208. The maximum atomic E-state index is 13.7. The van der Waals surface area contributed by atoms with E-state index in [1.165, 1.54) is 7.11 Å². The number of Topliss-reactive ketones (excluding diaryl/α,β-unsaturated/α-hetero) is 1. The molecule has 2 aliphatic rings. The summed E-state index contributed by atoms with van der Waals surface area (Å²) in [5, 5.41) is 3.26. The van der Waals surface area contributed by atoms with E-state index in [0.717, 1.165) is 11.3 Å². The predicted octanol–water partition coefficient (Wildman–Crippen LogP) is 3.67. The molecule has 1 aromatic rings. The molecule has 8 nitrogen and oxygen atoms in total. The van der Waals surface area contributed by atoms with E-state index < -0.39 is 23.8 Å². The van der Waals surface area contributed by atoms with Gasteiger partial charge in [-0.1, -0.05) is 19.1 Å². The van der Waals surface area contributed by atoms with Crippen LogP contribution in [0.15, 0.2) is 46.8 Å². The molecule has 0 amide bonds. The Balaban J connectivity index is 2.03. The number of rotatable bonds is 9. The van der Waals surface area contributed by atoms with Gasteiger partial charge in [-0.3, -0.25) is 9.59 Å². The van der Waals surface area contributed by atoms with Gasteiger partial charge in [0.25, 0.3) is 0 Å². The third-order valence-corrected chi connectivity index (χ3v) is 6.26. The van der Waals surface area contributed by atoms with Crippen molar-refractivity contribution >= 4 is 17.7 Å². The molecule has 3 atom stereocenters. The summed E-state index contributed by atoms with van der Waals surface area (Å²) >= 11 is 0. The van der Waals surface area contributed by atoms with Crippen molar-refractivity contribution in [2.45, 2.75) is 53.1 Å². The number of benzene rings is 1.